The molecule has 0 spiro atoms. The maximum absolute atomic E-state index is 12.5. The third-order valence-electron chi connectivity index (χ3n) is 5.53. The van der Waals surface area contributed by atoms with Crippen LogP contribution in [0.1, 0.15) is 47.8 Å². The van der Waals surface area contributed by atoms with Crippen LogP contribution >= 0.6 is 11.3 Å². The second-order valence-corrected chi connectivity index (χ2v) is 8.89. The molecule has 1 aliphatic heterocycles. The number of carbonyl (C=O) groups is 1. The van der Waals surface area contributed by atoms with Crippen molar-refractivity contribution in [2.45, 2.75) is 39.2 Å². The molecule has 1 aromatic heterocycles. The number of hydrogen-bond donors (Lipinski definition) is 1. The van der Waals surface area contributed by atoms with Gasteiger partial charge in [0.15, 0.2) is 0 Å². The zero-order valence-corrected chi connectivity index (χ0v) is 18.0. The van der Waals surface area contributed by atoms with E-state index in [1.54, 1.807) is 0 Å². The Labute approximate surface area is 173 Å². The van der Waals surface area contributed by atoms with Gasteiger partial charge in [-0.25, -0.2) is 0 Å². The van der Waals surface area contributed by atoms with Crippen LogP contribution in [0, 0.1) is 5.92 Å². The molecule has 4 nitrogen and oxygen atoms in total. The van der Waals surface area contributed by atoms with E-state index >= 15 is 0 Å². The lowest BCUT2D eigenvalue weighted by Gasteiger charge is -2.32. The summed E-state index contributed by atoms with van der Waals surface area (Å²) < 4.78 is 0. The molecule has 1 amide bonds. The van der Waals surface area contributed by atoms with Gasteiger partial charge in [-0.1, -0.05) is 19.4 Å². The summed E-state index contributed by atoms with van der Waals surface area (Å²) in [5.74, 6) is 0.579. The van der Waals surface area contributed by atoms with Crippen molar-refractivity contribution in [1.29, 1.82) is 0 Å². The second kappa shape index (κ2) is 10.6. The molecule has 1 aliphatic rings. The van der Waals surface area contributed by atoms with Gasteiger partial charge in [0.2, 0.25) is 0 Å². The van der Waals surface area contributed by atoms with Gasteiger partial charge in [-0.05, 0) is 67.4 Å². The maximum Gasteiger partial charge on any atom is 0.251 e. The van der Waals surface area contributed by atoms with Crippen molar-refractivity contribution in [3.63, 3.8) is 0 Å². The van der Waals surface area contributed by atoms with Crippen LogP contribution in [0.3, 0.4) is 0 Å². The molecule has 1 unspecified atom stereocenters. The number of nitrogens with one attached hydrogen (secondary N) is 1. The van der Waals surface area contributed by atoms with Crippen LogP contribution in [-0.4, -0.2) is 44.0 Å². The Bertz CT molecular complexity index is 714. The van der Waals surface area contributed by atoms with Crippen molar-refractivity contribution in [3.05, 3.63) is 52.2 Å². The third kappa shape index (κ3) is 6.08. The average Bonchev–Trinajstić information content (AvgIpc) is 3.23. The van der Waals surface area contributed by atoms with Gasteiger partial charge in [0.1, 0.15) is 0 Å². The number of nitrogens with zero attached hydrogens (tertiary/aromatic N) is 2. The van der Waals surface area contributed by atoms with E-state index in [9.17, 15) is 4.79 Å². The Morgan fingerprint density at radius 2 is 2.11 bits per heavy atom. The van der Waals surface area contributed by atoms with E-state index in [4.69, 9.17) is 0 Å². The summed E-state index contributed by atoms with van der Waals surface area (Å²) in [6.07, 6.45) is 4.79. The van der Waals surface area contributed by atoms with Crippen LogP contribution < -0.4 is 10.2 Å². The molecule has 2 aromatic rings. The monoisotopic (exact) mass is 399 g/mol. The number of likely N-dealkylation sites (tertiary alicyclic amines) is 1. The molecule has 1 fully saturated rings. The SMILES string of the molecule is CCCCN(C)c1ccc(C(=O)NCC2CCCN(Cc3cccs3)C2)cc1. The van der Waals surface area contributed by atoms with Gasteiger partial charge in [0.05, 0.1) is 0 Å². The van der Waals surface area contributed by atoms with E-state index in [-0.39, 0.29) is 5.91 Å². The van der Waals surface area contributed by atoms with Gasteiger partial charge < -0.3 is 10.2 Å². The standard InChI is InChI=1S/C23H33N3OS/c1-3-4-13-25(2)21-11-9-20(10-12-21)23(27)24-16-19-7-5-14-26(17-19)18-22-8-6-15-28-22/h6,8-12,15,19H,3-5,7,13-14,16-18H2,1-2H3,(H,24,27). The normalized spacial score (nSPS) is 17.4. The van der Waals surface area contributed by atoms with Gasteiger partial charge in [0, 0.05) is 49.4 Å². The number of thiophene rings is 1. The molecule has 0 aliphatic carbocycles. The van der Waals surface area contributed by atoms with E-state index in [1.165, 1.54) is 36.2 Å². The summed E-state index contributed by atoms with van der Waals surface area (Å²) in [7, 11) is 2.11. The largest absolute Gasteiger partial charge is 0.375 e. The van der Waals surface area contributed by atoms with Gasteiger partial charge in [0.25, 0.3) is 5.91 Å². The van der Waals surface area contributed by atoms with Crippen LogP contribution in [0.4, 0.5) is 5.69 Å². The number of amides is 1. The number of unbranched alkanes of at least 4 members (excludes halogenated alkanes) is 1. The minimum atomic E-state index is 0.0399. The molecular weight excluding hydrogens is 366 g/mol. The minimum Gasteiger partial charge on any atom is -0.375 e. The highest BCUT2D eigenvalue weighted by Crippen LogP contribution is 2.20. The van der Waals surface area contributed by atoms with Gasteiger partial charge in [-0.2, -0.15) is 0 Å². The lowest BCUT2D eigenvalue weighted by molar-refractivity contribution is 0.0931. The first-order valence-corrected chi connectivity index (χ1v) is 11.4. The van der Waals surface area contributed by atoms with Crippen LogP contribution in [0.25, 0.3) is 0 Å². The van der Waals surface area contributed by atoms with Crippen molar-refractivity contribution in [2.75, 3.05) is 38.1 Å². The van der Waals surface area contributed by atoms with E-state index in [0.29, 0.717) is 5.92 Å². The lowest BCUT2D eigenvalue weighted by Crippen LogP contribution is -2.40. The number of rotatable bonds is 9. The number of benzene rings is 1. The highest BCUT2D eigenvalue weighted by molar-refractivity contribution is 7.09. The highest BCUT2D eigenvalue weighted by atomic mass is 32.1. The summed E-state index contributed by atoms with van der Waals surface area (Å²) >= 11 is 1.83. The Hall–Kier alpha value is -1.85. The highest BCUT2D eigenvalue weighted by Gasteiger charge is 2.21. The molecule has 1 N–H and O–H groups in total. The van der Waals surface area contributed by atoms with E-state index < -0.39 is 0 Å². The van der Waals surface area contributed by atoms with Crippen molar-refractivity contribution in [2.24, 2.45) is 5.92 Å². The summed E-state index contributed by atoms with van der Waals surface area (Å²) in [5, 5.41) is 5.30. The first-order valence-electron chi connectivity index (χ1n) is 10.5. The molecule has 5 heteroatoms. The molecule has 1 aromatic carbocycles. The first-order chi connectivity index (χ1) is 13.7. The molecule has 2 heterocycles. The Morgan fingerprint density at radius 3 is 2.82 bits per heavy atom. The molecule has 1 saturated heterocycles. The van der Waals surface area contributed by atoms with E-state index in [0.717, 1.165) is 38.3 Å². The maximum atomic E-state index is 12.5. The van der Waals surface area contributed by atoms with Crippen LogP contribution in [0.2, 0.25) is 0 Å². The lowest BCUT2D eigenvalue weighted by atomic mass is 9.98. The van der Waals surface area contributed by atoms with Gasteiger partial charge >= 0.3 is 0 Å². The third-order valence-corrected chi connectivity index (χ3v) is 6.39. The number of piperidine rings is 1. The van der Waals surface area contributed by atoms with Crippen molar-refractivity contribution < 1.29 is 4.79 Å². The molecular formula is C23H33N3OS. The van der Waals surface area contributed by atoms with Crippen LogP contribution in [0.5, 0.6) is 0 Å². The Balaban J connectivity index is 1.45. The fourth-order valence-electron chi connectivity index (χ4n) is 3.82. The second-order valence-electron chi connectivity index (χ2n) is 7.85. The Morgan fingerprint density at radius 1 is 1.29 bits per heavy atom. The molecule has 0 bridgehead atoms. The van der Waals surface area contributed by atoms with Crippen molar-refractivity contribution in [1.82, 2.24) is 10.2 Å². The zero-order chi connectivity index (χ0) is 19.8. The fraction of sp³-hybridized carbons (Fsp3) is 0.522. The number of hydrogen-bond acceptors (Lipinski definition) is 4. The van der Waals surface area contributed by atoms with Gasteiger partial charge in [-0.3, -0.25) is 9.69 Å². The van der Waals surface area contributed by atoms with Crippen LogP contribution in [0.15, 0.2) is 41.8 Å². The first kappa shape index (κ1) is 20.9. The fourth-order valence-corrected chi connectivity index (χ4v) is 4.56. The summed E-state index contributed by atoms with van der Waals surface area (Å²) in [5.41, 5.74) is 1.92. The zero-order valence-electron chi connectivity index (χ0n) is 17.2. The minimum absolute atomic E-state index is 0.0399. The molecule has 0 radical (unpaired) electrons. The smallest absolute Gasteiger partial charge is 0.251 e. The summed E-state index contributed by atoms with van der Waals surface area (Å²) in [4.78, 5) is 18.7. The summed E-state index contributed by atoms with van der Waals surface area (Å²) in [6.45, 7) is 7.28. The van der Waals surface area contributed by atoms with Crippen molar-refractivity contribution >= 4 is 22.9 Å². The predicted octanol–water partition coefficient (Wildman–Crippen LogP) is 4.63. The molecule has 3 rings (SSSR count). The average molecular weight is 400 g/mol. The molecule has 28 heavy (non-hydrogen) atoms. The molecule has 1 atom stereocenters. The topological polar surface area (TPSA) is 35.6 Å². The quantitative estimate of drug-likeness (QED) is 0.668. The predicted molar refractivity (Wildman–Crippen MR) is 119 cm³/mol. The van der Waals surface area contributed by atoms with Crippen LogP contribution in [-0.2, 0) is 6.54 Å². The van der Waals surface area contributed by atoms with Crippen molar-refractivity contribution in [3.8, 4) is 0 Å². The molecule has 152 valence electrons. The van der Waals surface area contributed by atoms with E-state index in [2.05, 4.69) is 46.6 Å². The summed E-state index contributed by atoms with van der Waals surface area (Å²) in [6, 6.07) is 12.3. The van der Waals surface area contributed by atoms with Gasteiger partial charge in [-0.15, -0.1) is 11.3 Å². The number of anilines is 1. The molecule has 0 saturated carbocycles. The van der Waals surface area contributed by atoms with E-state index in [1.807, 2.05) is 35.6 Å². The Kier molecular flexibility index (Phi) is 7.92. The number of carbonyl (C=O) groups excluding carboxylic acids is 1.